The van der Waals surface area contributed by atoms with Gasteiger partial charge in [0.15, 0.2) is 0 Å². The largest absolute Gasteiger partial charge is 0.508 e. The van der Waals surface area contributed by atoms with Gasteiger partial charge in [0.2, 0.25) is 10.0 Å². The summed E-state index contributed by atoms with van der Waals surface area (Å²) in [4.78, 5) is 0. The molecule has 7 heteroatoms. The Hall–Kier alpha value is -1.31. The van der Waals surface area contributed by atoms with Crippen LogP contribution in [0.25, 0.3) is 0 Å². The third-order valence-corrected chi connectivity index (χ3v) is 3.15. The topological polar surface area (TPSA) is 98.7 Å². The minimum Gasteiger partial charge on any atom is -0.508 e. The molecule has 4 N–H and O–H groups in total. The molecule has 18 heavy (non-hydrogen) atoms. The first-order valence-corrected chi connectivity index (χ1v) is 7.38. The normalized spacial score (nSPS) is 13.4. The minimum atomic E-state index is -3.18. The van der Waals surface area contributed by atoms with E-state index in [4.69, 9.17) is 0 Å². The van der Waals surface area contributed by atoms with Gasteiger partial charge in [-0.1, -0.05) is 0 Å². The molecule has 0 saturated heterocycles. The van der Waals surface area contributed by atoms with E-state index in [1.165, 1.54) is 18.2 Å². The van der Waals surface area contributed by atoms with Gasteiger partial charge >= 0.3 is 0 Å². The second-order valence-electron chi connectivity index (χ2n) is 4.09. The number of rotatable bonds is 6. The van der Waals surface area contributed by atoms with Crippen LogP contribution in [-0.2, 0) is 10.0 Å². The van der Waals surface area contributed by atoms with E-state index in [1.54, 1.807) is 0 Å². The highest BCUT2D eigenvalue weighted by atomic mass is 32.2. The van der Waals surface area contributed by atoms with Crippen LogP contribution in [0.3, 0.4) is 0 Å². The van der Waals surface area contributed by atoms with Gasteiger partial charge in [-0.15, -0.1) is 0 Å². The van der Waals surface area contributed by atoms with Crippen molar-refractivity contribution >= 4 is 10.0 Å². The van der Waals surface area contributed by atoms with Gasteiger partial charge in [0.1, 0.15) is 11.5 Å². The van der Waals surface area contributed by atoms with Crippen LogP contribution in [0.4, 0.5) is 0 Å². The van der Waals surface area contributed by atoms with Crippen LogP contribution in [0.15, 0.2) is 18.2 Å². The Morgan fingerprint density at radius 1 is 1.28 bits per heavy atom. The van der Waals surface area contributed by atoms with E-state index < -0.39 is 10.0 Å². The summed E-state index contributed by atoms with van der Waals surface area (Å²) in [6.45, 7) is 2.50. The zero-order valence-electron chi connectivity index (χ0n) is 10.3. The van der Waals surface area contributed by atoms with Crippen molar-refractivity contribution in [3.8, 4) is 11.5 Å². The Morgan fingerprint density at radius 3 is 2.56 bits per heavy atom. The molecule has 0 bridgehead atoms. The molecule has 1 rings (SSSR count). The van der Waals surface area contributed by atoms with E-state index in [9.17, 15) is 18.6 Å². The Balaban J connectivity index is 2.50. The van der Waals surface area contributed by atoms with Crippen molar-refractivity contribution < 1.29 is 18.6 Å². The number of hydrogen-bond acceptors (Lipinski definition) is 5. The maximum atomic E-state index is 10.8. The standard InChI is InChI=1S/C11H18N2O4S/c1-8(12-5-6-13-18(2,16)17)10-7-9(14)3-4-11(10)15/h3-4,7-8,12-15H,5-6H2,1-2H3. The quantitative estimate of drug-likeness (QED) is 0.442. The number of aromatic hydroxyl groups is 2. The summed E-state index contributed by atoms with van der Waals surface area (Å²) in [5.74, 6) is 0.162. The van der Waals surface area contributed by atoms with Gasteiger partial charge in [0, 0.05) is 24.7 Å². The molecule has 1 aromatic rings. The summed E-state index contributed by atoms with van der Waals surface area (Å²) in [6.07, 6.45) is 1.09. The Morgan fingerprint density at radius 2 is 1.94 bits per heavy atom. The monoisotopic (exact) mass is 274 g/mol. The van der Waals surface area contributed by atoms with Crippen LogP contribution >= 0.6 is 0 Å². The summed E-state index contributed by atoms with van der Waals surface area (Å²) in [6, 6.07) is 4.09. The highest BCUT2D eigenvalue weighted by Gasteiger charge is 2.10. The number of phenols is 2. The molecule has 0 fully saturated rings. The average Bonchev–Trinajstić information content (AvgIpc) is 2.26. The van der Waals surface area contributed by atoms with Crippen molar-refractivity contribution in [1.29, 1.82) is 0 Å². The molecular formula is C11H18N2O4S. The molecule has 0 amide bonds. The zero-order valence-corrected chi connectivity index (χ0v) is 11.2. The molecule has 1 atom stereocenters. The van der Waals surface area contributed by atoms with Crippen molar-refractivity contribution in [2.75, 3.05) is 19.3 Å². The number of benzene rings is 1. The van der Waals surface area contributed by atoms with E-state index >= 15 is 0 Å². The molecule has 0 saturated carbocycles. The van der Waals surface area contributed by atoms with Crippen LogP contribution in [0, 0.1) is 0 Å². The Labute approximate surface area is 107 Å². The van der Waals surface area contributed by atoms with Gasteiger partial charge < -0.3 is 15.5 Å². The van der Waals surface area contributed by atoms with E-state index in [2.05, 4.69) is 10.0 Å². The van der Waals surface area contributed by atoms with Crippen LogP contribution < -0.4 is 10.0 Å². The van der Waals surface area contributed by atoms with E-state index in [-0.39, 0.29) is 24.1 Å². The molecule has 0 radical (unpaired) electrons. The summed E-state index contributed by atoms with van der Waals surface area (Å²) in [5.41, 5.74) is 0.564. The van der Waals surface area contributed by atoms with Gasteiger partial charge in [0.05, 0.1) is 6.26 Å². The first-order chi connectivity index (χ1) is 8.29. The summed E-state index contributed by atoms with van der Waals surface area (Å²) >= 11 is 0. The van der Waals surface area contributed by atoms with Crippen molar-refractivity contribution in [2.45, 2.75) is 13.0 Å². The van der Waals surface area contributed by atoms with Crippen LogP contribution in [0.2, 0.25) is 0 Å². The molecule has 0 aliphatic rings. The molecule has 0 aliphatic heterocycles. The average molecular weight is 274 g/mol. The van der Waals surface area contributed by atoms with Crippen molar-refractivity contribution in [3.05, 3.63) is 23.8 Å². The van der Waals surface area contributed by atoms with E-state index in [1.807, 2.05) is 6.92 Å². The molecule has 102 valence electrons. The predicted molar refractivity (Wildman–Crippen MR) is 69.0 cm³/mol. The summed E-state index contributed by atoms with van der Waals surface area (Å²) in [7, 11) is -3.18. The van der Waals surface area contributed by atoms with Crippen LogP contribution in [0.5, 0.6) is 11.5 Å². The smallest absolute Gasteiger partial charge is 0.208 e. The van der Waals surface area contributed by atoms with E-state index in [0.717, 1.165) is 6.26 Å². The predicted octanol–water partition coefficient (Wildman–Crippen LogP) is 0.298. The van der Waals surface area contributed by atoms with Gasteiger partial charge in [-0.2, -0.15) is 0 Å². The maximum absolute atomic E-state index is 10.8. The van der Waals surface area contributed by atoms with Gasteiger partial charge in [-0.25, -0.2) is 13.1 Å². The lowest BCUT2D eigenvalue weighted by Crippen LogP contribution is -2.32. The van der Waals surface area contributed by atoms with E-state index in [0.29, 0.717) is 12.1 Å². The van der Waals surface area contributed by atoms with Crippen molar-refractivity contribution in [2.24, 2.45) is 0 Å². The Kier molecular flexibility index (Phi) is 4.94. The van der Waals surface area contributed by atoms with Crippen LogP contribution in [0.1, 0.15) is 18.5 Å². The third kappa shape index (κ3) is 4.91. The fourth-order valence-corrected chi connectivity index (χ4v) is 2.00. The van der Waals surface area contributed by atoms with Crippen molar-refractivity contribution in [3.63, 3.8) is 0 Å². The zero-order chi connectivity index (χ0) is 13.8. The first kappa shape index (κ1) is 14.7. The molecule has 0 heterocycles. The van der Waals surface area contributed by atoms with Crippen LogP contribution in [-0.4, -0.2) is 38.0 Å². The minimum absolute atomic E-state index is 0.0747. The molecule has 0 aromatic heterocycles. The van der Waals surface area contributed by atoms with Gasteiger partial charge in [-0.05, 0) is 25.1 Å². The molecule has 1 unspecified atom stereocenters. The number of hydrogen-bond donors (Lipinski definition) is 4. The Bertz CT molecular complexity index is 502. The molecule has 1 aromatic carbocycles. The lowest BCUT2D eigenvalue weighted by molar-refractivity contribution is 0.441. The lowest BCUT2D eigenvalue weighted by atomic mass is 10.1. The number of nitrogens with one attached hydrogen (secondary N) is 2. The molecular weight excluding hydrogens is 256 g/mol. The highest BCUT2D eigenvalue weighted by Crippen LogP contribution is 2.27. The van der Waals surface area contributed by atoms with Gasteiger partial charge in [0.25, 0.3) is 0 Å². The highest BCUT2D eigenvalue weighted by molar-refractivity contribution is 7.88. The second-order valence-corrected chi connectivity index (χ2v) is 5.92. The summed E-state index contributed by atoms with van der Waals surface area (Å²) in [5, 5.41) is 22.0. The number of sulfonamides is 1. The fourth-order valence-electron chi connectivity index (χ4n) is 1.52. The first-order valence-electron chi connectivity index (χ1n) is 5.49. The van der Waals surface area contributed by atoms with Gasteiger partial charge in [-0.3, -0.25) is 0 Å². The lowest BCUT2D eigenvalue weighted by Gasteiger charge is -2.15. The fraction of sp³-hybridized carbons (Fsp3) is 0.455. The SMILES string of the molecule is CC(NCCNS(C)(=O)=O)c1cc(O)ccc1O. The number of phenolic OH excluding ortho intramolecular Hbond substituents is 2. The molecule has 0 spiro atoms. The third-order valence-electron chi connectivity index (χ3n) is 2.42. The molecule has 6 nitrogen and oxygen atoms in total. The second kappa shape index (κ2) is 6.03. The summed E-state index contributed by atoms with van der Waals surface area (Å²) < 4.78 is 24.0. The van der Waals surface area contributed by atoms with Crippen molar-refractivity contribution in [1.82, 2.24) is 10.0 Å². The maximum Gasteiger partial charge on any atom is 0.208 e. The molecule has 0 aliphatic carbocycles.